The number of carbonyl (C=O) groups excluding carboxylic acids is 2. The van der Waals surface area contributed by atoms with Gasteiger partial charge < -0.3 is 0 Å². The molecule has 0 saturated heterocycles. The second kappa shape index (κ2) is 6.03. The zero-order chi connectivity index (χ0) is 13.8. The molecule has 0 spiro atoms. The number of pyridine rings is 1. The van der Waals surface area contributed by atoms with E-state index in [1.54, 1.807) is 25.3 Å². The van der Waals surface area contributed by atoms with Crippen molar-refractivity contribution in [3.8, 4) is 0 Å². The van der Waals surface area contributed by atoms with Crippen LogP contribution in [0.1, 0.15) is 25.7 Å². The van der Waals surface area contributed by atoms with Gasteiger partial charge in [0, 0.05) is 12.4 Å². The van der Waals surface area contributed by atoms with E-state index in [1.807, 2.05) is 0 Å². The molecule has 0 fully saturated rings. The molecule has 2 rings (SSSR count). The first kappa shape index (κ1) is 13.8. The van der Waals surface area contributed by atoms with Crippen LogP contribution in [-0.2, 0) is 0 Å². The molecule has 0 radical (unpaired) electrons. The minimum absolute atomic E-state index is 0.0446. The number of halogens is 1. The molecule has 0 aliphatic carbocycles. The summed E-state index contributed by atoms with van der Waals surface area (Å²) < 4.78 is 0. The predicted molar refractivity (Wildman–Crippen MR) is 77.2 cm³/mol. The quantitative estimate of drug-likeness (QED) is 0.686. The molecule has 0 aromatic carbocycles. The van der Waals surface area contributed by atoms with Gasteiger partial charge in [-0.3, -0.25) is 19.9 Å². The Labute approximate surface area is 122 Å². The van der Waals surface area contributed by atoms with E-state index in [0.29, 0.717) is 21.3 Å². The summed E-state index contributed by atoms with van der Waals surface area (Å²) >= 11 is 4.29. The van der Waals surface area contributed by atoms with Crippen molar-refractivity contribution in [1.29, 1.82) is 0 Å². The van der Waals surface area contributed by atoms with Crippen LogP contribution in [0.3, 0.4) is 0 Å². The number of amides is 1. The van der Waals surface area contributed by atoms with E-state index < -0.39 is 0 Å². The number of nitrogens with one attached hydrogen (secondary N) is 1. The van der Waals surface area contributed by atoms with Crippen LogP contribution in [0.5, 0.6) is 0 Å². The molecule has 2 aromatic heterocycles. The molecule has 1 N–H and O–H groups in total. The molecule has 0 aliphatic heterocycles. The molecule has 7 heteroatoms. The molecule has 0 atom stereocenters. The van der Waals surface area contributed by atoms with Crippen molar-refractivity contribution in [2.75, 3.05) is 10.6 Å². The molecule has 1 amide bonds. The highest BCUT2D eigenvalue weighted by Crippen LogP contribution is 2.23. The van der Waals surface area contributed by atoms with Crippen LogP contribution in [0.2, 0.25) is 0 Å². The number of hydrogen-bond acceptors (Lipinski definition) is 5. The Hall–Kier alpha value is -1.60. The number of Topliss-reactive ketones (excluding diaryl/α,β-unsaturated/α-hetero) is 1. The predicted octanol–water partition coefficient (Wildman–Crippen LogP) is 2.68. The SMILES string of the molecule is Cc1nc(NC(=O)c2cccnc2)sc1C(=O)CBr. The number of aryl methyl sites for hydroxylation is 1. The van der Waals surface area contributed by atoms with Crippen molar-refractivity contribution in [1.82, 2.24) is 9.97 Å². The number of rotatable bonds is 4. The van der Waals surface area contributed by atoms with Crippen LogP contribution in [-0.4, -0.2) is 27.0 Å². The molecular weight excluding hydrogens is 330 g/mol. The van der Waals surface area contributed by atoms with Crippen molar-refractivity contribution < 1.29 is 9.59 Å². The summed E-state index contributed by atoms with van der Waals surface area (Å²) in [5.41, 5.74) is 1.07. The van der Waals surface area contributed by atoms with Gasteiger partial charge in [-0.1, -0.05) is 27.3 Å². The number of alkyl halides is 1. The van der Waals surface area contributed by atoms with Crippen molar-refractivity contribution in [2.24, 2.45) is 0 Å². The van der Waals surface area contributed by atoms with Crippen molar-refractivity contribution in [3.63, 3.8) is 0 Å². The maximum Gasteiger partial charge on any atom is 0.259 e. The third-order valence-corrected chi connectivity index (χ3v) is 3.94. The molecule has 5 nitrogen and oxygen atoms in total. The number of hydrogen-bond donors (Lipinski definition) is 1. The van der Waals surface area contributed by atoms with Gasteiger partial charge in [0.25, 0.3) is 5.91 Å². The first-order chi connectivity index (χ1) is 9.11. The zero-order valence-electron chi connectivity index (χ0n) is 10.0. The molecule has 0 bridgehead atoms. The summed E-state index contributed by atoms with van der Waals surface area (Å²) in [6, 6.07) is 3.34. The minimum atomic E-state index is -0.292. The van der Waals surface area contributed by atoms with Gasteiger partial charge in [0.05, 0.1) is 21.5 Å². The summed E-state index contributed by atoms with van der Waals surface area (Å²) in [5.74, 6) is -0.337. The smallest absolute Gasteiger partial charge is 0.259 e. The normalized spacial score (nSPS) is 10.2. The second-order valence-corrected chi connectivity index (χ2v) is 5.25. The average molecular weight is 340 g/mol. The van der Waals surface area contributed by atoms with Crippen LogP contribution in [0.4, 0.5) is 5.13 Å². The van der Waals surface area contributed by atoms with Crippen LogP contribution < -0.4 is 5.32 Å². The van der Waals surface area contributed by atoms with Gasteiger partial charge in [-0.05, 0) is 19.1 Å². The largest absolute Gasteiger partial charge is 0.298 e. The fraction of sp³-hybridized carbons (Fsp3) is 0.167. The molecular formula is C12H10BrN3O2S. The highest BCUT2D eigenvalue weighted by molar-refractivity contribution is 9.09. The zero-order valence-corrected chi connectivity index (χ0v) is 12.4. The Bertz CT molecular complexity index is 613. The molecule has 2 aromatic rings. The fourth-order valence-electron chi connectivity index (χ4n) is 1.44. The number of aromatic nitrogens is 2. The summed E-state index contributed by atoms with van der Waals surface area (Å²) in [6.07, 6.45) is 3.07. The Morgan fingerprint density at radius 1 is 1.47 bits per heavy atom. The van der Waals surface area contributed by atoms with Crippen molar-refractivity contribution in [2.45, 2.75) is 6.92 Å². The van der Waals surface area contributed by atoms with Gasteiger partial charge in [0.15, 0.2) is 10.9 Å². The van der Waals surface area contributed by atoms with Crippen molar-refractivity contribution in [3.05, 3.63) is 40.7 Å². The Morgan fingerprint density at radius 2 is 2.26 bits per heavy atom. The van der Waals surface area contributed by atoms with Gasteiger partial charge in [-0.25, -0.2) is 4.98 Å². The number of ketones is 1. The van der Waals surface area contributed by atoms with E-state index in [-0.39, 0.29) is 17.0 Å². The lowest BCUT2D eigenvalue weighted by atomic mass is 10.3. The van der Waals surface area contributed by atoms with Gasteiger partial charge in [-0.2, -0.15) is 0 Å². The molecule has 0 unspecified atom stereocenters. The molecule has 0 aliphatic rings. The lowest BCUT2D eigenvalue weighted by Gasteiger charge is -1.99. The molecule has 0 saturated carbocycles. The van der Waals surface area contributed by atoms with Crippen LogP contribution in [0.25, 0.3) is 0 Å². The lowest BCUT2D eigenvalue weighted by molar-refractivity contribution is 0.101. The van der Waals surface area contributed by atoms with E-state index in [2.05, 4.69) is 31.2 Å². The van der Waals surface area contributed by atoms with Crippen LogP contribution >= 0.6 is 27.3 Å². The Kier molecular flexibility index (Phi) is 4.39. The maximum atomic E-state index is 11.9. The van der Waals surface area contributed by atoms with Crippen molar-refractivity contribution >= 4 is 44.1 Å². The van der Waals surface area contributed by atoms with Gasteiger partial charge in [0.1, 0.15) is 0 Å². The highest BCUT2D eigenvalue weighted by atomic mass is 79.9. The number of carbonyl (C=O) groups is 2. The summed E-state index contributed by atoms with van der Waals surface area (Å²) in [5, 5.41) is 3.31. The van der Waals surface area contributed by atoms with E-state index in [1.165, 1.54) is 17.5 Å². The third kappa shape index (κ3) is 3.24. The van der Waals surface area contributed by atoms with E-state index in [0.717, 1.165) is 0 Å². The highest BCUT2D eigenvalue weighted by Gasteiger charge is 2.16. The number of anilines is 1. The minimum Gasteiger partial charge on any atom is -0.298 e. The standard InChI is InChI=1S/C12H10BrN3O2S/c1-7-10(9(17)5-13)19-12(15-7)16-11(18)8-3-2-4-14-6-8/h2-4,6H,5H2,1H3,(H,15,16,18). The van der Waals surface area contributed by atoms with E-state index >= 15 is 0 Å². The molecule has 19 heavy (non-hydrogen) atoms. The van der Waals surface area contributed by atoms with E-state index in [4.69, 9.17) is 0 Å². The van der Waals surface area contributed by atoms with E-state index in [9.17, 15) is 9.59 Å². The first-order valence-corrected chi connectivity index (χ1v) is 7.33. The van der Waals surface area contributed by atoms with Gasteiger partial charge in [-0.15, -0.1) is 0 Å². The topological polar surface area (TPSA) is 72.0 Å². The average Bonchev–Trinajstić information content (AvgIpc) is 2.79. The Balaban J connectivity index is 2.16. The Morgan fingerprint density at radius 3 is 2.89 bits per heavy atom. The monoisotopic (exact) mass is 339 g/mol. The first-order valence-electron chi connectivity index (χ1n) is 5.39. The molecule has 98 valence electrons. The summed E-state index contributed by atoms with van der Waals surface area (Å²) in [7, 11) is 0. The maximum absolute atomic E-state index is 11.9. The van der Waals surface area contributed by atoms with Crippen LogP contribution in [0.15, 0.2) is 24.5 Å². The number of nitrogens with zero attached hydrogens (tertiary/aromatic N) is 2. The summed E-state index contributed by atoms with van der Waals surface area (Å²) in [4.78, 5) is 32.1. The van der Waals surface area contributed by atoms with Crippen LogP contribution in [0, 0.1) is 6.92 Å². The lowest BCUT2D eigenvalue weighted by Crippen LogP contribution is -2.11. The molecule has 2 heterocycles. The van der Waals surface area contributed by atoms with Gasteiger partial charge >= 0.3 is 0 Å². The number of thiazole rings is 1. The summed E-state index contributed by atoms with van der Waals surface area (Å²) in [6.45, 7) is 1.74. The second-order valence-electron chi connectivity index (χ2n) is 3.69. The van der Waals surface area contributed by atoms with Gasteiger partial charge in [0.2, 0.25) is 0 Å². The fourth-order valence-corrected chi connectivity index (χ4v) is 2.80. The third-order valence-electron chi connectivity index (χ3n) is 2.32.